The van der Waals surface area contributed by atoms with Crippen LogP contribution >= 0.6 is 8.03 Å². The van der Waals surface area contributed by atoms with Crippen molar-refractivity contribution >= 4 is 8.03 Å². The number of hydrogen-bond donors (Lipinski definition) is 1. The van der Waals surface area contributed by atoms with Gasteiger partial charge in [-0.1, -0.05) is 0 Å². The molecule has 1 N–H and O–H groups in total. The molecular weight excluding hydrogens is 211 g/mol. The molecule has 0 fully saturated rings. The average Bonchev–Trinajstić information content (AvgIpc) is 2.14. The molecule has 0 aliphatic rings. The van der Waals surface area contributed by atoms with Crippen LogP contribution in [0, 0.1) is 13.8 Å². The second kappa shape index (κ2) is 5.24. The van der Waals surface area contributed by atoms with Gasteiger partial charge in [-0.15, -0.1) is 4.52 Å². The van der Waals surface area contributed by atoms with Crippen LogP contribution in [0.3, 0.4) is 0 Å². The SMILES string of the molecule is CCO[P+](=O)Cc1cc(C)c(O)c(C)c1. The molecule has 0 saturated carbocycles. The number of phenolic OH excluding ortho intramolecular Hbond substituents is 1. The summed E-state index contributed by atoms with van der Waals surface area (Å²) in [7, 11) is -1.62. The van der Waals surface area contributed by atoms with Gasteiger partial charge < -0.3 is 5.11 Å². The lowest BCUT2D eigenvalue weighted by Crippen LogP contribution is -1.88. The highest BCUT2D eigenvalue weighted by Gasteiger charge is 2.18. The molecular formula is C11H16O3P+. The van der Waals surface area contributed by atoms with Gasteiger partial charge in [-0.25, -0.2) is 0 Å². The van der Waals surface area contributed by atoms with E-state index in [1.807, 2.05) is 32.9 Å². The van der Waals surface area contributed by atoms with Crippen LogP contribution in [0.4, 0.5) is 0 Å². The first kappa shape index (κ1) is 12.2. The number of rotatable bonds is 4. The first-order valence-electron chi connectivity index (χ1n) is 4.91. The molecule has 15 heavy (non-hydrogen) atoms. The quantitative estimate of drug-likeness (QED) is 0.803. The second-order valence-electron chi connectivity index (χ2n) is 3.49. The van der Waals surface area contributed by atoms with Crippen molar-refractivity contribution in [2.45, 2.75) is 26.9 Å². The zero-order valence-electron chi connectivity index (χ0n) is 9.28. The van der Waals surface area contributed by atoms with E-state index in [-0.39, 0.29) is 0 Å². The Hall–Kier alpha value is -0.920. The number of aryl methyl sites for hydroxylation is 2. The summed E-state index contributed by atoms with van der Waals surface area (Å²) >= 11 is 0. The molecule has 1 atom stereocenters. The lowest BCUT2D eigenvalue weighted by atomic mass is 10.1. The fourth-order valence-corrected chi connectivity index (χ4v) is 2.34. The maximum atomic E-state index is 11.4. The van der Waals surface area contributed by atoms with E-state index in [1.165, 1.54) is 0 Å². The van der Waals surface area contributed by atoms with E-state index in [0.29, 0.717) is 18.5 Å². The highest BCUT2D eigenvalue weighted by molar-refractivity contribution is 7.38. The Bertz CT molecular complexity index is 351. The molecule has 0 radical (unpaired) electrons. The third-order valence-electron chi connectivity index (χ3n) is 2.14. The van der Waals surface area contributed by atoms with Gasteiger partial charge in [-0.3, -0.25) is 0 Å². The zero-order chi connectivity index (χ0) is 11.4. The zero-order valence-corrected chi connectivity index (χ0v) is 10.2. The van der Waals surface area contributed by atoms with Gasteiger partial charge in [0.1, 0.15) is 5.75 Å². The summed E-state index contributed by atoms with van der Waals surface area (Å²) in [6, 6.07) is 3.68. The van der Waals surface area contributed by atoms with E-state index in [4.69, 9.17) is 4.52 Å². The minimum Gasteiger partial charge on any atom is -0.507 e. The van der Waals surface area contributed by atoms with Crippen molar-refractivity contribution in [3.05, 3.63) is 28.8 Å². The first-order valence-corrected chi connectivity index (χ1v) is 6.27. The van der Waals surface area contributed by atoms with Gasteiger partial charge in [-0.05, 0) is 48.6 Å². The molecule has 0 aliphatic carbocycles. The van der Waals surface area contributed by atoms with Gasteiger partial charge in [0.05, 0.1) is 6.61 Å². The molecule has 4 heteroatoms. The van der Waals surface area contributed by atoms with E-state index in [2.05, 4.69) is 0 Å². The Morgan fingerprint density at radius 2 is 1.87 bits per heavy atom. The smallest absolute Gasteiger partial charge is 0.507 e. The topological polar surface area (TPSA) is 46.5 Å². The van der Waals surface area contributed by atoms with Gasteiger partial charge in [0.15, 0.2) is 0 Å². The summed E-state index contributed by atoms with van der Waals surface area (Å²) in [5.74, 6) is 0.311. The van der Waals surface area contributed by atoms with Crippen LogP contribution in [0.25, 0.3) is 0 Å². The summed E-state index contributed by atoms with van der Waals surface area (Å²) in [6.45, 7) is 5.95. The molecule has 0 aliphatic heterocycles. The van der Waals surface area contributed by atoms with E-state index < -0.39 is 8.03 Å². The van der Waals surface area contributed by atoms with E-state index >= 15 is 0 Å². The maximum absolute atomic E-state index is 11.4. The predicted molar refractivity (Wildman–Crippen MR) is 60.5 cm³/mol. The van der Waals surface area contributed by atoms with E-state index in [0.717, 1.165) is 16.7 Å². The van der Waals surface area contributed by atoms with Crippen molar-refractivity contribution in [3.8, 4) is 5.75 Å². The number of aromatic hydroxyl groups is 1. The molecule has 1 aromatic rings. The molecule has 1 aromatic carbocycles. The van der Waals surface area contributed by atoms with Crippen LogP contribution in [0.2, 0.25) is 0 Å². The monoisotopic (exact) mass is 227 g/mol. The number of benzene rings is 1. The molecule has 3 nitrogen and oxygen atoms in total. The van der Waals surface area contributed by atoms with Crippen LogP contribution in [0.5, 0.6) is 5.75 Å². The molecule has 1 unspecified atom stereocenters. The summed E-state index contributed by atoms with van der Waals surface area (Å²) < 4.78 is 16.4. The normalized spacial score (nSPS) is 11.5. The van der Waals surface area contributed by atoms with Crippen LogP contribution < -0.4 is 0 Å². The Labute approximate surface area is 91.0 Å². The van der Waals surface area contributed by atoms with Crippen molar-refractivity contribution in [1.29, 1.82) is 0 Å². The van der Waals surface area contributed by atoms with Gasteiger partial charge in [-0.2, -0.15) is 0 Å². The average molecular weight is 227 g/mol. The van der Waals surface area contributed by atoms with Gasteiger partial charge in [0, 0.05) is 5.56 Å². The number of hydrogen-bond acceptors (Lipinski definition) is 3. The van der Waals surface area contributed by atoms with Gasteiger partial charge >= 0.3 is 8.03 Å². The van der Waals surface area contributed by atoms with Crippen molar-refractivity contribution in [3.63, 3.8) is 0 Å². The Morgan fingerprint density at radius 3 is 2.33 bits per heavy atom. The fourth-order valence-electron chi connectivity index (χ4n) is 1.48. The highest BCUT2D eigenvalue weighted by Crippen LogP contribution is 2.31. The molecule has 82 valence electrons. The molecule has 1 rings (SSSR count). The lowest BCUT2D eigenvalue weighted by Gasteiger charge is -2.03. The highest BCUT2D eigenvalue weighted by atomic mass is 31.1. The fraction of sp³-hybridized carbons (Fsp3) is 0.455. The minimum atomic E-state index is -1.62. The van der Waals surface area contributed by atoms with Crippen LogP contribution in [-0.2, 0) is 15.3 Å². The number of phenols is 1. The van der Waals surface area contributed by atoms with Crippen LogP contribution in [0.1, 0.15) is 23.6 Å². The second-order valence-corrected chi connectivity index (χ2v) is 4.73. The molecule has 0 spiro atoms. The third-order valence-corrected chi connectivity index (χ3v) is 3.31. The lowest BCUT2D eigenvalue weighted by molar-refractivity contribution is 0.350. The van der Waals surface area contributed by atoms with Crippen molar-refractivity contribution < 1.29 is 14.2 Å². The van der Waals surface area contributed by atoms with Crippen molar-refractivity contribution in [1.82, 2.24) is 0 Å². The largest absolute Gasteiger partial charge is 0.512 e. The summed E-state index contributed by atoms with van der Waals surface area (Å²) in [5, 5.41) is 9.56. The standard InChI is InChI=1S/C11H15O3P/c1-4-14-15(13)7-10-5-8(2)11(12)9(3)6-10/h5-6H,4,7H2,1-3H3/p+1. The summed E-state index contributed by atoms with van der Waals surface area (Å²) in [5.41, 5.74) is 2.56. The third kappa shape index (κ3) is 3.29. The Balaban J connectivity index is 2.83. The van der Waals surface area contributed by atoms with Gasteiger partial charge in [0.25, 0.3) is 0 Å². The molecule has 0 heterocycles. The predicted octanol–water partition coefficient (Wildman–Crippen LogP) is 3.29. The Kier molecular flexibility index (Phi) is 4.25. The van der Waals surface area contributed by atoms with Crippen LogP contribution in [0.15, 0.2) is 12.1 Å². The van der Waals surface area contributed by atoms with Crippen molar-refractivity contribution in [2.24, 2.45) is 0 Å². The Morgan fingerprint density at radius 1 is 1.33 bits per heavy atom. The van der Waals surface area contributed by atoms with Gasteiger partial charge in [0.2, 0.25) is 6.16 Å². The van der Waals surface area contributed by atoms with E-state index in [9.17, 15) is 9.67 Å². The van der Waals surface area contributed by atoms with Crippen LogP contribution in [-0.4, -0.2) is 11.7 Å². The maximum Gasteiger partial charge on any atom is 0.512 e. The van der Waals surface area contributed by atoms with E-state index in [1.54, 1.807) is 0 Å². The first-order chi connectivity index (χ1) is 7.04. The summed E-state index contributed by atoms with van der Waals surface area (Å²) in [6.07, 6.45) is 0.408. The van der Waals surface area contributed by atoms with Crippen molar-refractivity contribution in [2.75, 3.05) is 6.61 Å². The minimum absolute atomic E-state index is 0.311. The molecule has 0 saturated heterocycles. The molecule has 0 aromatic heterocycles. The molecule has 0 amide bonds. The molecule has 0 bridgehead atoms. The summed E-state index contributed by atoms with van der Waals surface area (Å²) in [4.78, 5) is 0.